The number of carbonyl (C=O) groups is 3. The molecule has 0 saturated heterocycles. The summed E-state index contributed by atoms with van der Waals surface area (Å²) in [6.45, 7) is 16.8. The van der Waals surface area contributed by atoms with Crippen LogP contribution in [0.15, 0.2) is 34.9 Å². The Labute approximate surface area is 222 Å². The SMILES string of the molecule is CC(=O)O[C@H]1C[C@H]([C@H](C)CC/C=C(\C)C(=O)O)[C@@]2(C)CC=C3C(=CCC4C(C)(C)C(=O)CC[C@]34C)[C@]12C. The van der Waals surface area contributed by atoms with Crippen molar-refractivity contribution in [2.75, 3.05) is 0 Å². The molecular weight excluding hydrogens is 464 g/mol. The fourth-order valence-corrected chi connectivity index (χ4v) is 8.94. The number of hydrogen-bond acceptors (Lipinski definition) is 4. The normalized spacial score (nSPS) is 39.5. The van der Waals surface area contributed by atoms with Crippen molar-refractivity contribution in [2.24, 2.45) is 39.4 Å². The molecule has 7 atom stereocenters. The average Bonchev–Trinajstić information content (AvgIpc) is 3.03. The summed E-state index contributed by atoms with van der Waals surface area (Å²) in [5.74, 6) is 0.251. The number of ether oxygens (including phenoxy) is 1. The van der Waals surface area contributed by atoms with E-state index in [1.165, 1.54) is 18.1 Å². The van der Waals surface area contributed by atoms with Crippen molar-refractivity contribution in [3.8, 4) is 0 Å². The molecule has 4 rings (SSSR count). The van der Waals surface area contributed by atoms with Crippen LogP contribution in [0.1, 0.15) is 100 Å². The third-order valence-corrected chi connectivity index (χ3v) is 11.5. The second-order valence-electron chi connectivity index (χ2n) is 13.6. The van der Waals surface area contributed by atoms with Crippen LogP contribution in [-0.4, -0.2) is 28.9 Å². The molecule has 0 spiro atoms. The summed E-state index contributed by atoms with van der Waals surface area (Å²) < 4.78 is 6.13. The molecule has 1 unspecified atom stereocenters. The smallest absolute Gasteiger partial charge is 0.330 e. The third-order valence-electron chi connectivity index (χ3n) is 11.5. The molecule has 0 aliphatic heterocycles. The van der Waals surface area contributed by atoms with E-state index in [1.54, 1.807) is 6.92 Å². The summed E-state index contributed by atoms with van der Waals surface area (Å²) in [6.07, 6.45) is 12.2. The van der Waals surface area contributed by atoms with Gasteiger partial charge in [0.25, 0.3) is 0 Å². The molecule has 2 fully saturated rings. The lowest BCUT2D eigenvalue weighted by Crippen LogP contribution is -2.55. The molecule has 0 radical (unpaired) electrons. The van der Waals surface area contributed by atoms with Gasteiger partial charge in [0, 0.05) is 29.7 Å². The first kappa shape index (κ1) is 27.9. The highest BCUT2D eigenvalue weighted by atomic mass is 16.5. The van der Waals surface area contributed by atoms with Gasteiger partial charge < -0.3 is 9.84 Å². The highest BCUT2D eigenvalue weighted by Gasteiger charge is 2.67. The molecule has 0 amide bonds. The number of ketones is 1. The maximum absolute atomic E-state index is 12.9. The van der Waals surface area contributed by atoms with E-state index in [0.29, 0.717) is 29.6 Å². The minimum Gasteiger partial charge on any atom is -0.478 e. The van der Waals surface area contributed by atoms with Crippen molar-refractivity contribution < 1.29 is 24.2 Å². The lowest BCUT2D eigenvalue weighted by atomic mass is 9.44. The zero-order chi connectivity index (χ0) is 27.6. The molecule has 0 heterocycles. The topological polar surface area (TPSA) is 80.7 Å². The molecule has 5 nitrogen and oxygen atoms in total. The van der Waals surface area contributed by atoms with Crippen LogP contribution < -0.4 is 0 Å². The van der Waals surface area contributed by atoms with Gasteiger partial charge >= 0.3 is 11.9 Å². The van der Waals surface area contributed by atoms with Crippen molar-refractivity contribution in [1.29, 1.82) is 0 Å². The van der Waals surface area contributed by atoms with Crippen LogP contribution in [0, 0.1) is 39.4 Å². The maximum Gasteiger partial charge on any atom is 0.330 e. The van der Waals surface area contributed by atoms with Crippen LogP contribution in [0.4, 0.5) is 0 Å². The standard InChI is InChI=1S/C32H46O5/c1-19(10-9-11-20(2)28(35)36)24-18-27(37-21(3)33)32(8)23-12-13-25-29(4,5)26(34)15-16-30(25,6)22(23)14-17-31(24,32)7/h11-12,14,19,24-25,27H,9-10,13,15-18H2,1-8H3,(H,35,36)/b20-11+/t19-,24-,25?,27+,30-,31-,32-/m1/s1. The average molecular weight is 511 g/mol. The summed E-state index contributed by atoms with van der Waals surface area (Å²) >= 11 is 0. The highest BCUT2D eigenvalue weighted by Crippen LogP contribution is 2.72. The molecule has 4 aliphatic rings. The summed E-state index contributed by atoms with van der Waals surface area (Å²) in [5.41, 5.74) is 2.31. The van der Waals surface area contributed by atoms with Crippen LogP contribution in [0.2, 0.25) is 0 Å². The maximum atomic E-state index is 12.9. The number of rotatable bonds is 6. The molecule has 2 saturated carbocycles. The van der Waals surface area contributed by atoms with Crippen molar-refractivity contribution in [3.63, 3.8) is 0 Å². The molecule has 4 aliphatic carbocycles. The monoisotopic (exact) mass is 510 g/mol. The van der Waals surface area contributed by atoms with Gasteiger partial charge in [-0.05, 0) is 85.2 Å². The van der Waals surface area contributed by atoms with E-state index in [-0.39, 0.29) is 39.7 Å². The van der Waals surface area contributed by atoms with Crippen molar-refractivity contribution in [2.45, 2.75) is 106 Å². The Morgan fingerprint density at radius 2 is 1.81 bits per heavy atom. The van der Waals surface area contributed by atoms with Gasteiger partial charge in [0.2, 0.25) is 0 Å². The Morgan fingerprint density at radius 1 is 1.14 bits per heavy atom. The molecule has 5 heteroatoms. The molecule has 0 aromatic heterocycles. The molecule has 1 N–H and O–H groups in total. The van der Waals surface area contributed by atoms with Gasteiger partial charge in [-0.3, -0.25) is 9.59 Å². The molecule has 0 bridgehead atoms. The number of esters is 1. The number of allylic oxidation sites excluding steroid dienone is 4. The Morgan fingerprint density at radius 3 is 2.43 bits per heavy atom. The molecule has 204 valence electrons. The Hall–Kier alpha value is -2.17. The van der Waals surface area contributed by atoms with E-state index in [9.17, 15) is 19.5 Å². The summed E-state index contributed by atoms with van der Waals surface area (Å²) in [4.78, 5) is 36.4. The van der Waals surface area contributed by atoms with Crippen molar-refractivity contribution in [1.82, 2.24) is 0 Å². The number of hydrogen-bond donors (Lipinski definition) is 1. The summed E-state index contributed by atoms with van der Waals surface area (Å²) in [7, 11) is 0. The second kappa shape index (κ2) is 9.24. The lowest BCUT2D eigenvalue weighted by Gasteiger charge is -2.60. The van der Waals surface area contributed by atoms with E-state index in [0.717, 1.165) is 38.5 Å². The van der Waals surface area contributed by atoms with E-state index >= 15 is 0 Å². The molecular formula is C32H46O5. The quantitative estimate of drug-likeness (QED) is 0.305. The molecule has 37 heavy (non-hydrogen) atoms. The number of fused-ring (bicyclic) bond motifs is 5. The fourth-order valence-electron chi connectivity index (χ4n) is 8.94. The van der Waals surface area contributed by atoms with E-state index in [4.69, 9.17) is 4.74 Å². The Kier molecular flexibility index (Phi) is 6.95. The van der Waals surface area contributed by atoms with E-state index < -0.39 is 5.97 Å². The van der Waals surface area contributed by atoms with Crippen LogP contribution in [-0.2, 0) is 19.1 Å². The van der Waals surface area contributed by atoms with Gasteiger partial charge in [-0.1, -0.05) is 59.8 Å². The van der Waals surface area contributed by atoms with Crippen LogP contribution in [0.25, 0.3) is 0 Å². The third kappa shape index (κ3) is 4.06. The number of aliphatic carboxylic acids is 1. The van der Waals surface area contributed by atoms with Gasteiger partial charge in [-0.25, -0.2) is 4.79 Å². The highest BCUT2D eigenvalue weighted by molar-refractivity contribution is 5.86. The summed E-state index contributed by atoms with van der Waals surface area (Å²) in [6, 6.07) is 0. The van der Waals surface area contributed by atoms with Crippen LogP contribution >= 0.6 is 0 Å². The number of carboxylic acids is 1. The van der Waals surface area contributed by atoms with Crippen molar-refractivity contribution >= 4 is 17.7 Å². The zero-order valence-corrected chi connectivity index (χ0v) is 24.1. The number of carboxylic acid groups (broad SMARTS) is 1. The number of Topliss-reactive ketones (excluding diaryl/α,β-unsaturated/α-hetero) is 1. The Balaban J connectivity index is 1.73. The van der Waals surface area contributed by atoms with E-state index in [1.807, 2.05) is 6.08 Å². The number of carbonyl (C=O) groups excluding carboxylic acids is 2. The fraction of sp³-hybridized carbons (Fsp3) is 0.719. The van der Waals surface area contributed by atoms with Gasteiger partial charge in [-0.2, -0.15) is 0 Å². The van der Waals surface area contributed by atoms with Crippen molar-refractivity contribution in [3.05, 3.63) is 34.9 Å². The largest absolute Gasteiger partial charge is 0.478 e. The predicted octanol–water partition coefficient (Wildman–Crippen LogP) is 7.07. The molecule has 0 aromatic carbocycles. The predicted molar refractivity (Wildman–Crippen MR) is 145 cm³/mol. The van der Waals surface area contributed by atoms with Gasteiger partial charge in [0.15, 0.2) is 0 Å². The van der Waals surface area contributed by atoms with Crippen LogP contribution in [0.5, 0.6) is 0 Å². The lowest BCUT2D eigenvalue weighted by molar-refractivity contribution is -0.152. The Bertz CT molecular complexity index is 1090. The second-order valence-corrected chi connectivity index (χ2v) is 13.6. The molecule has 0 aromatic rings. The zero-order valence-electron chi connectivity index (χ0n) is 24.1. The first-order valence-corrected chi connectivity index (χ1v) is 14.1. The first-order valence-electron chi connectivity index (χ1n) is 14.1. The van der Waals surface area contributed by atoms with E-state index in [2.05, 4.69) is 53.7 Å². The van der Waals surface area contributed by atoms with Crippen LogP contribution in [0.3, 0.4) is 0 Å². The van der Waals surface area contributed by atoms with Gasteiger partial charge in [-0.15, -0.1) is 0 Å². The first-order chi connectivity index (χ1) is 17.1. The van der Waals surface area contributed by atoms with Gasteiger partial charge in [0.1, 0.15) is 11.9 Å². The van der Waals surface area contributed by atoms with Gasteiger partial charge in [0.05, 0.1) is 0 Å². The minimum absolute atomic E-state index is 0.0601. The summed E-state index contributed by atoms with van der Waals surface area (Å²) in [5, 5.41) is 9.22. The minimum atomic E-state index is -0.864.